The highest BCUT2D eigenvalue weighted by molar-refractivity contribution is 7.18. The van der Waals surface area contributed by atoms with Crippen LogP contribution in [0.3, 0.4) is 0 Å². The molecule has 11 heteroatoms. The fraction of sp³-hybridized carbons (Fsp3) is 0.348. The van der Waals surface area contributed by atoms with Crippen LogP contribution >= 0.6 is 22.9 Å². The molecule has 2 fully saturated rings. The highest BCUT2D eigenvalue weighted by Crippen LogP contribution is 2.34. The first kappa shape index (κ1) is 24.1. The van der Waals surface area contributed by atoms with Gasteiger partial charge in [-0.3, -0.25) is 14.5 Å². The number of nitrogens with two attached hydrogens (primary N) is 1. The van der Waals surface area contributed by atoms with E-state index in [-0.39, 0.29) is 30.9 Å². The molecule has 2 aromatic rings. The molecular formula is C23H26ClN5O4S. The lowest BCUT2D eigenvalue weighted by atomic mass is 10.2. The van der Waals surface area contributed by atoms with Crippen LogP contribution in [0, 0.1) is 0 Å². The SMILES string of the molecule is CC=CC(=O)Nc1cc(N2CC(CNC(=O)c3ccc(Cl)s3)OC2=O)ccc1N1CCC(N)C1. The van der Waals surface area contributed by atoms with Crippen LogP contribution in [0.4, 0.5) is 21.9 Å². The van der Waals surface area contributed by atoms with E-state index in [2.05, 4.69) is 15.5 Å². The van der Waals surface area contributed by atoms with E-state index in [1.54, 1.807) is 31.2 Å². The van der Waals surface area contributed by atoms with Gasteiger partial charge in [-0.2, -0.15) is 0 Å². The van der Waals surface area contributed by atoms with Crippen molar-refractivity contribution in [1.29, 1.82) is 0 Å². The van der Waals surface area contributed by atoms with Crippen LogP contribution in [0.1, 0.15) is 23.0 Å². The number of benzene rings is 1. The normalized spacial score (nSPS) is 20.1. The van der Waals surface area contributed by atoms with Crippen molar-refractivity contribution in [3.63, 3.8) is 0 Å². The topological polar surface area (TPSA) is 117 Å². The van der Waals surface area contributed by atoms with E-state index < -0.39 is 12.2 Å². The Hall–Kier alpha value is -3.08. The van der Waals surface area contributed by atoms with Crippen molar-refractivity contribution in [2.75, 3.05) is 41.3 Å². The molecule has 3 heterocycles. The number of cyclic esters (lactones) is 1. The number of rotatable bonds is 7. The van der Waals surface area contributed by atoms with E-state index in [4.69, 9.17) is 22.1 Å². The van der Waals surface area contributed by atoms with Gasteiger partial charge in [0, 0.05) is 24.8 Å². The fourth-order valence-corrected chi connectivity index (χ4v) is 4.93. The molecule has 2 aliphatic heterocycles. The molecule has 2 saturated heterocycles. The number of amides is 3. The van der Waals surface area contributed by atoms with Crippen molar-refractivity contribution in [2.24, 2.45) is 5.73 Å². The number of carbonyl (C=O) groups excluding carboxylic acids is 3. The van der Waals surface area contributed by atoms with Crippen LogP contribution in [0.5, 0.6) is 0 Å². The lowest BCUT2D eigenvalue weighted by Crippen LogP contribution is -2.34. The summed E-state index contributed by atoms with van der Waals surface area (Å²) in [6.45, 7) is 3.68. The molecule has 1 aromatic heterocycles. The molecule has 0 saturated carbocycles. The maximum Gasteiger partial charge on any atom is 0.414 e. The molecule has 0 radical (unpaired) electrons. The Morgan fingerprint density at radius 1 is 1.29 bits per heavy atom. The first-order valence-corrected chi connectivity index (χ1v) is 12.1. The Kier molecular flexibility index (Phi) is 7.40. The smallest absolute Gasteiger partial charge is 0.414 e. The molecular weight excluding hydrogens is 478 g/mol. The minimum absolute atomic E-state index is 0.0773. The summed E-state index contributed by atoms with van der Waals surface area (Å²) in [6, 6.07) is 8.84. The summed E-state index contributed by atoms with van der Waals surface area (Å²) in [4.78, 5) is 41.2. The summed E-state index contributed by atoms with van der Waals surface area (Å²) in [7, 11) is 0. The Morgan fingerprint density at radius 2 is 2.12 bits per heavy atom. The molecule has 1 aromatic carbocycles. The van der Waals surface area contributed by atoms with Crippen LogP contribution in [0.25, 0.3) is 0 Å². The number of hydrogen-bond acceptors (Lipinski definition) is 7. The largest absolute Gasteiger partial charge is 0.442 e. The van der Waals surface area contributed by atoms with Crippen molar-refractivity contribution in [3.8, 4) is 0 Å². The van der Waals surface area contributed by atoms with E-state index in [1.807, 2.05) is 12.1 Å². The zero-order chi connectivity index (χ0) is 24.2. The molecule has 4 N–H and O–H groups in total. The van der Waals surface area contributed by atoms with Gasteiger partial charge in [-0.1, -0.05) is 17.7 Å². The van der Waals surface area contributed by atoms with Crippen molar-refractivity contribution in [2.45, 2.75) is 25.5 Å². The number of carbonyl (C=O) groups is 3. The molecule has 2 aliphatic rings. The highest BCUT2D eigenvalue weighted by atomic mass is 35.5. The first-order chi connectivity index (χ1) is 16.3. The first-order valence-electron chi connectivity index (χ1n) is 10.9. The molecule has 3 amide bonds. The molecule has 4 rings (SSSR count). The second-order valence-corrected chi connectivity index (χ2v) is 9.83. The lowest BCUT2D eigenvalue weighted by molar-refractivity contribution is -0.111. The average Bonchev–Trinajstić information content (AvgIpc) is 3.52. The number of nitrogens with one attached hydrogen (secondary N) is 2. The van der Waals surface area contributed by atoms with Crippen molar-refractivity contribution in [1.82, 2.24) is 5.32 Å². The fourth-order valence-electron chi connectivity index (χ4n) is 3.97. The minimum Gasteiger partial charge on any atom is -0.442 e. The van der Waals surface area contributed by atoms with Gasteiger partial charge in [0.15, 0.2) is 0 Å². The molecule has 34 heavy (non-hydrogen) atoms. The number of nitrogens with zero attached hydrogens (tertiary/aromatic N) is 2. The number of allylic oxidation sites excluding steroid dienone is 1. The zero-order valence-electron chi connectivity index (χ0n) is 18.6. The molecule has 0 bridgehead atoms. The van der Waals surface area contributed by atoms with Gasteiger partial charge in [-0.05, 0) is 49.8 Å². The Morgan fingerprint density at radius 3 is 2.79 bits per heavy atom. The maximum absolute atomic E-state index is 12.6. The Balaban J connectivity index is 1.47. The molecule has 2 unspecified atom stereocenters. The standard InChI is InChI=1S/C23H26ClN5O4S/c1-2-3-21(30)27-17-10-15(4-5-18(17)28-9-8-14(25)12-28)29-13-16(33-23(29)32)11-26-22(31)19-6-7-20(24)34-19/h2-7,10,14,16H,8-9,11-13,25H2,1H3,(H,26,31)(H,27,30). The molecule has 180 valence electrons. The van der Waals surface area contributed by atoms with Gasteiger partial charge in [0.25, 0.3) is 5.91 Å². The van der Waals surface area contributed by atoms with Crippen molar-refractivity contribution < 1.29 is 19.1 Å². The number of hydrogen-bond donors (Lipinski definition) is 3. The Labute approximate surface area is 206 Å². The summed E-state index contributed by atoms with van der Waals surface area (Å²) in [6.07, 6.45) is 2.94. The lowest BCUT2D eigenvalue weighted by Gasteiger charge is -2.24. The van der Waals surface area contributed by atoms with Gasteiger partial charge in [-0.15, -0.1) is 11.3 Å². The second-order valence-electron chi connectivity index (χ2n) is 8.12. The maximum atomic E-state index is 12.6. The van der Waals surface area contributed by atoms with Crippen molar-refractivity contribution in [3.05, 3.63) is 51.7 Å². The number of thiophene rings is 1. The summed E-state index contributed by atoms with van der Waals surface area (Å²) in [5.41, 5.74) is 8.10. The van der Waals surface area contributed by atoms with E-state index in [1.165, 1.54) is 22.3 Å². The third-order valence-electron chi connectivity index (χ3n) is 5.59. The summed E-state index contributed by atoms with van der Waals surface area (Å²) < 4.78 is 5.98. The number of halogens is 1. The van der Waals surface area contributed by atoms with Crippen LogP contribution in [0.2, 0.25) is 4.34 Å². The van der Waals surface area contributed by atoms with Crippen LogP contribution in [-0.2, 0) is 9.53 Å². The zero-order valence-corrected chi connectivity index (χ0v) is 20.2. The van der Waals surface area contributed by atoms with Gasteiger partial charge in [0.1, 0.15) is 6.10 Å². The van der Waals surface area contributed by atoms with Gasteiger partial charge in [0.05, 0.1) is 33.7 Å². The quantitative estimate of drug-likeness (QED) is 0.499. The minimum atomic E-state index is -0.514. The predicted molar refractivity (Wildman–Crippen MR) is 134 cm³/mol. The van der Waals surface area contributed by atoms with Gasteiger partial charge < -0.3 is 26.0 Å². The molecule has 9 nitrogen and oxygen atoms in total. The number of ether oxygens (including phenoxy) is 1. The molecule has 0 aliphatic carbocycles. The summed E-state index contributed by atoms with van der Waals surface area (Å²) >= 11 is 7.06. The highest BCUT2D eigenvalue weighted by Gasteiger charge is 2.33. The van der Waals surface area contributed by atoms with Crippen molar-refractivity contribution >= 4 is 57.9 Å². The summed E-state index contributed by atoms with van der Waals surface area (Å²) in [5, 5.41) is 5.67. The van der Waals surface area contributed by atoms with Gasteiger partial charge >= 0.3 is 6.09 Å². The van der Waals surface area contributed by atoms with E-state index in [9.17, 15) is 14.4 Å². The summed E-state index contributed by atoms with van der Waals surface area (Å²) in [5.74, 6) is -0.531. The van der Waals surface area contributed by atoms with E-state index in [0.29, 0.717) is 27.1 Å². The molecule has 2 atom stereocenters. The van der Waals surface area contributed by atoms with Crippen LogP contribution in [0.15, 0.2) is 42.5 Å². The number of anilines is 3. The van der Waals surface area contributed by atoms with E-state index >= 15 is 0 Å². The predicted octanol–water partition coefficient (Wildman–Crippen LogP) is 3.21. The van der Waals surface area contributed by atoms with Gasteiger partial charge in [0.2, 0.25) is 5.91 Å². The second kappa shape index (κ2) is 10.5. The third-order valence-corrected chi connectivity index (χ3v) is 6.82. The molecule has 0 spiro atoms. The van der Waals surface area contributed by atoms with Gasteiger partial charge in [-0.25, -0.2) is 4.79 Å². The average molecular weight is 504 g/mol. The Bertz CT molecular complexity index is 1120. The van der Waals surface area contributed by atoms with Crippen LogP contribution in [-0.4, -0.2) is 56.2 Å². The monoisotopic (exact) mass is 503 g/mol. The van der Waals surface area contributed by atoms with Crippen LogP contribution < -0.4 is 26.2 Å². The third kappa shape index (κ3) is 5.52. The van der Waals surface area contributed by atoms with E-state index in [0.717, 1.165) is 18.7 Å².